The lowest BCUT2D eigenvalue weighted by atomic mass is 10.2. The molecule has 4 heteroatoms. The van der Waals surface area contributed by atoms with Gasteiger partial charge in [-0.05, 0) is 57.9 Å². The van der Waals surface area contributed by atoms with E-state index >= 15 is 0 Å². The number of nitrogens with one attached hydrogen (secondary N) is 1. The Morgan fingerprint density at radius 1 is 0.720 bits per heavy atom. The van der Waals surface area contributed by atoms with E-state index in [1.54, 1.807) is 0 Å². The summed E-state index contributed by atoms with van der Waals surface area (Å²) >= 11 is 3.52. The topological polar surface area (TPSA) is 30.5 Å². The average molecular weight is 398 g/mol. The summed E-state index contributed by atoms with van der Waals surface area (Å²) in [5.74, 6) is 1.67. The molecule has 0 saturated heterocycles. The summed E-state index contributed by atoms with van der Waals surface area (Å²) in [5.41, 5.74) is 2.22. The summed E-state index contributed by atoms with van der Waals surface area (Å²) in [6.07, 6.45) is 0. The summed E-state index contributed by atoms with van der Waals surface area (Å²) in [7, 11) is 0. The fourth-order valence-corrected chi connectivity index (χ4v) is 2.76. The van der Waals surface area contributed by atoms with Crippen molar-refractivity contribution in [2.45, 2.75) is 6.61 Å². The van der Waals surface area contributed by atoms with Crippen molar-refractivity contribution in [2.24, 2.45) is 0 Å². The van der Waals surface area contributed by atoms with Crippen molar-refractivity contribution in [3.05, 3.63) is 88.9 Å². The van der Waals surface area contributed by atoms with Gasteiger partial charge in [0, 0.05) is 16.7 Å². The van der Waals surface area contributed by atoms with E-state index in [-0.39, 0.29) is 0 Å². The molecule has 0 aliphatic carbocycles. The predicted molar refractivity (Wildman–Crippen MR) is 105 cm³/mol. The maximum Gasteiger partial charge on any atom is 0.120 e. The molecule has 0 aromatic heterocycles. The van der Waals surface area contributed by atoms with Crippen LogP contribution >= 0.6 is 15.9 Å². The van der Waals surface area contributed by atoms with Crippen LogP contribution in [0.25, 0.3) is 0 Å². The Morgan fingerprint density at radius 3 is 2.08 bits per heavy atom. The number of hydrogen-bond donors (Lipinski definition) is 1. The number of anilines is 1. The first-order chi connectivity index (χ1) is 12.3. The lowest BCUT2D eigenvalue weighted by molar-refractivity contribution is 0.303. The lowest BCUT2D eigenvalue weighted by Gasteiger charge is -2.11. The Morgan fingerprint density at radius 2 is 1.36 bits per heavy atom. The van der Waals surface area contributed by atoms with E-state index in [0.29, 0.717) is 13.2 Å². The van der Waals surface area contributed by atoms with E-state index in [0.717, 1.165) is 33.8 Å². The predicted octanol–water partition coefficient (Wildman–Crippen LogP) is 5.52. The molecule has 3 aromatic carbocycles. The minimum absolute atomic E-state index is 0.566. The molecule has 0 atom stereocenters. The molecule has 3 aromatic rings. The van der Waals surface area contributed by atoms with Crippen molar-refractivity contribution in [1.29, 1.82) is 0 Å². The van der Waals surface area contributed by atoms with Gasteiger partial charge in [-0.3, -0.25) is 0 Å². The smallest absolute Gasteiger partial charge is 0.120 e. The molecule has 0 heterocycles. The molecule has 0 fully saturated rings. The van der Waals surface area contributed by atoms with Gasteiger partial charge in [-0.2, -0.15) is 0 Å². The summed E-state index contributed by atoms with van der Waals surface area (Å²) in [4.78, 5) is 0. The van der Waals surface area contributed by atoms with Crippen LogP contribution < -0.4 is 14.8 Å². The van der Waals surface area contributed by atoms with Crippen molar-refractivity contribution >= 4 is 21.6 Å². The van der Waals surface area contributed by atoms with E-state index in [1.165, 1.54) is 0 Å². The summed E-state index contributed by atoms with van der Waals surface area (Å²) in [5, 5.41) is 3.34. The highest BCUT2D eigenvalue weighted by molar-refractivity contribution is 9.10. The number of para-hydroxylation sites is 1. The Hall–Kier alpha value is -2.46. The second-order valence-corrected chi connectivity index (χ2v) is 6.36. The Kier molecular flexibility index (Phi) is 6.35. The van der Waals surface area contributed by atoms with Crippen LogP contribution in [-0.4, -0.2) is 13.2 Å². The van der Waals surface area contributed by atoms with Crippen molar-refractivity contribution in [3.63, 3.8) is 0 Å². The fourth-order valence-electron chi connectivity index (χ4n) is 2.33. The molecule has 0 amide bonds. The van der Waals surface area contributed by atoms with Crippen molar-refractivity contribution in [1.82, 2.24) is 0 Å². The van der Waals surface area contributed by atoms with Crippen LogP contribution in [0.5, 0.6) is 11.5 Å². The monoisotopic (exact) mass is 397 g/mol. The van der Waals surface area contributed by atoms with E-state index in [2.05, 4.69) is 33.4 Å². The third-order valence-corrected chi connectivity index (χ3v) is 4.32. The number of rotatable bonds is 8. The van der Waals surface area contributed by atoms with Crippen LogP contribution in [0.4, 0.5) is 5.69 Å². The number of hydrogen-bond acceptors (Lipinski definition) is 3. The van der Waals surface area contributed by atoms with Gasteiger partial charge in [-0.1, -0.05) is 42.5 Å². The third-order valence-electron chi connectivity index (χ3n) is 3.63. The van der Waals surface area contributed by atoms with Gasteiger partial charge in [0.1, 0.15) is 24.7 Å². The maximum absolute atomic E-state index is 5.77. The van der Waals surface area contributed by atoms with Crippen molar-refractivity contribution < 1.29 is 9.47 Å². The molecule has 0 unspecified atom stereocenters. The molecule has 0 bridgehead atoms. The highest BCUT2D eigenvalue weighted by Crippen LogP contribution is 2.21. The van der Waals surface area contributed by atoms with Gasteiger partial charge in [0.05, 0.1) is 0 Å². The van der Waals surface area contributed by atoms with Gasteiger partial charge < -0.3 is 14.8 Å². The Bertz CT molecular complexity index is 775. The minimum Gasteiger partial charge on any atom is -0.492 e. The van der Waals surface area contributed by atoms with Crippen LogP contribution in [0, 0.1) is 0 Å². The first-order valence-electron chi connectivity index (χ1n) is 8.19. The quantitative estimate of drug-likeness (QED) is 0.507. The Labute approximate surface area is 156 Å². The maximum atomic E-state index is 5.77. The first-order valence-corrected chi connectivity index (χ1v) is 8.98. The second-order valence-electron chi connectivity index (χ2n) is 5.50. The van der Waals surface area contributed by atoms with Gasteiger partial charge >= 0.3 is 0 Å². The number of benzene rings is 3. The van der Waals surface area contributed by atoms with Crippen LogP contribution in [0.3, 0.4) is 0 Å². The second kappa shape index (κ2) is 9.14. The third kappa shape index (κ3) is 5.54. The van der Waals surface area contributed by atoms with Gasteiger partial charge in [0.2, 0.25) is 0 Å². The SMILES string of the molecule is Brc1ccccc1NCCOc1ccc(OCc2ccccc2)cc1. The van der Waals surface area contributed by atoms with Gasteiger partial charge in [0.15, 0.2) is 0 Å². The van der Waals surface area contributed by atoms with Crippen molar-refractivity contribution in [2.75, 3.05) is 18.5 Å². The fraction of sp³-hybridized carbons (Fsp3) is 0.143. The zero-order chi connectivity index (χ0) is 17.3. The van der Waals surface area contributed by atoms with Gasteiger partial charge in [-0.25, -0.2) is 0 Å². The molecule has 128 valence electrons. The summed E-state index contributed by atoms with van der Waals surface area (Å²) in [6, 6.07) is 25.9. The zero-order valence-corrected chi connectivity index (χ0v) is 15.4. The summed E-state index contributed by atoms with van der Waals surface area (Å²) in [6.45, 7) is 1.89. The number of ether oxygens (including phenoxy) is 2. The minimum atomic E-state index is 0.566. The molecule has 3 nitrogen and oxygen atoms in total. The first kappa shape index (κ1) is 17.4. The van der Waals surface area contributed by atoms with Gasteiger partial charge in [0.25, 0.3) is 0 Å². The van der Waals surface area contributed by atoms with E-state index in [1.807, 2.05) is 66.7 Å². The van der Waals surface area contributed by atoms with E-state index in [4.69, 9.17) is 9.47 Å². The van der Waals surface area contributed by atoms with Gasteiger partial charge in [-0.15, -0.1) is 0 Å². The normalized spacial score (nSPS) is 10.3. The molecule has 0 saturated carbocycles. The van der Waals surface area contributed by atoms with Crippen LogP contribution in [0.2, 0.25) is 0 Å². The molecule has 25 heavy (non-hydrogen) atoms. The Balaban J connectivity index is 1.41. The van der Waals surface area contributed by atoms with Crippen LogP contribution in [0.1, 0.15) is 5.56 Å². The lowest BCUT2D eigenvalue weighted by Crippen LogP contribution is -2.11. The molecule has 0 aliphatic heterocycles. The molecule has 3 rings (SSSR count). The van der Waals surface area contributed by atoms with Crippen LogP contribution in [-0.2, 0) is 6.61 Å². The average Bonchev–Trinajstić information content (AvgIpc) is 2.67. The largest absolute Gasteiger partial charge is 0.492 e. The van der Waals surface area contributed by atoms with Crippen molar-refractivity contribution in [3.8, 4) is 11.5 Å². The summed E-state index contributed by atoms with van der Waals surface area (Å²) < 4.78 is 12.6. The highest BCUT2D eigenvalue weighted by Gasteiger charge is 1.99. The molecule has 0 spiro atoms. The van der Waals surface area contributed by atoms with E-state index in [9.17, 15) is 0 Å². The number of halogens is 1. The standard InChI is InChI=1S/C21H20BrNO2/c22-20-8-4-5-9-21(20)23-14-15-24-18-10-12-19(13-11-18)25-16-17-6-2-1-3-7-17/h1-13,23H,14-16H2. The molecule has 0 aliphatic rings. The molecule has 1 N–H and O–H groups in total. The molecular formula is C21H20BrNO2. The van der Waals surface area contributed by atoms with E-state index < -0.39 is 0 Å². The highest BCUT2D eigenvalue weighted by atomic mass is 79.9. The van der Waals surface area contributed by atoms with Crippen LogP contribution in [0.15, 0.2) is 83.3 Å². The zero-order valence-electron chi connectivity index (χ0n) is 13.8. The molecular weight excluding hydrogens is 378 g/mol. The molecule has 0 radical (unpaired) electrons.